The lowest BCUT2D eigenvalue weighted by Crippen LogP contribution is -2.17. The number of aliphatic hydroxyl groups excluding tert-OH is 1. The molecule has 2 N–H and O–H groups in total. The molecule has 60 valence electrons. The van der Waals surface area contributed by atoms with E-state index < -0.39 is 12.8 Å². The highest BCUT2D eigenvalue weighted by molar-refractivity contribution is 4.73. The zero-order valence-corrected chi connectivity index (χ0v) is 6.02. The predicted molar refractivity (Wildman–Crippen MR) is 37.6 cm³/mol. The van der Waals surface area contributed by atoms with E-state index in [1.807, 2.05) is 0 Å². The number of alkyl halides is 1. The Morgan fingerprint density at radius 3 is 3.00 bits per heavy atom. The molecule has 1 heterocycles. The molecule has 0 saturated carbocycles. The summed E-state index contributed by atoms with van der Waals surface area (Å²) >= 11 is 0. The van der Waals surface area contributed by atoms with Crippen LogP contribution in [-0.4, -0.2) is 31.0 Å². The Hall–Kier alpha value is -0.150. The Morgan fingerprint density at radius 1 is 1.70 bits per heavy atom. The van der Waals surface area contributed by atoms with Crippen molar-refractivity contribution in [3.63, 3.8) is 0 Å². The van der Waals surface area contributed by atoms with Gasteiger partial charge in [0.2, 0.25) is 0 Å². The first-order valence-corrected chi connectivity index (χ1v) is 3.77. The third-order valence-electron chi connectivity index (χ3n) is 1.95. The molecule has 0 aromatic carbocycles. The van der Waals surface area contributed by atoms with E-state index in [0.717, 1.165) is 19.5 Å². The SMILES string of the molecule is OC(CF)CC1CCNC1. The van der Waals surface area contributed by atoms with Gasteiger partial charge in [-0.15, -0.1) is 0 Å². The normalized spacial score (nSPS) is 28.8. The van der Waals surface area contributed by atoms with E-state index in [4.69, 9.17) is 5.11 Å². The lowest BCUT2D eigenvalue weighted by Gasteiger charge is -2.10. The number of halogens is 1. The molecule has 3 heteroatoms. The summed E-state index contributed by atoms with van der Waals surface area (Å²) in [5, 5.41) is 12.1. The van der Waals surface area contributed by atoms with Crippen LogP contribution in [0.4, 0.5) is 4.39 Å². The molecule has 0 aromatic rings. The van der Waals surface area contributed by atoms with Crippen molar-refractivity contribution in [3.05, 3.63) is 0 Å². The molecule has 1 rings (SSSR count). The van der Waals surface area contributed by atoms with Gasteiger partial charge in [-0.1, -0.05) is 0 Å². The summed E-state index contributed by atoms with van der Waals surface area (Å²) in [7, 11) is 0. The van der Waals surface area contributed by atoms with Crippen LogP contribution in [0, 0.1) is 5.92 Å². The number of hydrogen-bond acceptors (Lipinski definition) is 2. The van der Waals surface area contributed by atoms with Crippen LogP contribution in [0.3, 0.4) is 0 Å². The van der Waals surface area contributed by atoms with E-state index in [1.54, 1.807) is 0 Å². The highest BCUT2D eigenvalue weighted by Gasteiger charge is 2.17. The van der Waals surface area contributed by atoms with Gasteiger partial charge in [0.25, 0.3) is 0 Å². The Morgan fingerprint density at radius 2 is 2.50 bits per heavy atom. The van der Waals surface area contributed by atoms with Crippen LogP contribution in [0.15, 0.2) is 0 Å². The molecule has 2 atom stereocenters. The molecule has 10 heavy (non-hydrogen) atoms. The van der Waals surface area contributed by atoms with Crippen molar-refractivity contribution < 1.29 is 9.50 Å². The average Bonchev–Trinajstić information content (AvgIpc) is 2.40. The van der Waals surface area contributed by atoms with Gasteiger partial charge in [0.15, 0.2) is 0 Å². The van der Waals surface area contributed by atoms with E-state index >= 15 is 0 Å². The van der Waals surface area contributed by atoms with Crippen molar-refractivity contribution >= 4 is 0 Å². The first kappa shape index (κ1) is 7.95. The van der Waals surface area contributed by atoms with Crippen LogP contribution in [0.2, 0.25) is 0 Å². The standard InChI is InChI=1S/C7H14FNO/c8-4-7(10)3-6-1-2-9-5-6/h6-7,9-10H,1-5H2. The highest BCUT2D eigenvalue weighted by Crippen LogP contribution is 2.14. The fourth-order valence-corrected chi connectivity index (χ4v) is 1.36. The van der Waals surface area contributed by atoms with Crippen LogP contribution >= 0.6 is 0 Å². The molecule has 0 amide bonds. The summed E-state index contributed by atoms with van der Waals surface area (Å²) in [6.07, 6.45) is 0.963. The van der Waals surface area contributed by atoms with E-state index in [-0.39, 0.29) is 0 Å². The molecular formula is C7H14FNO. The van der Waals surface area contributed by atoms with Crippen molar-refractivity contribution in [2.24, 2.45) is 5.92 Å². The Balaban J connectivity index is 2.11. The molecule has 2 nitrogen and oxygen atoms in total. The molecule has 0 aromatic heterocycles. The summed E-state index contributed by atoms with van der Waals surface area (Å²) in [5.41, 5.74) is 0. The number of nitrogens with one attached hydrogen (secondary N) is 1. The summed E-state index contributed by atoms with van der Waals surface area (Å²) < 4.78 is 11.8. The number of hydrogen-bond donors (Lipinski definition) is 2. The van der Waals surface area contributed by atoms with Gasteiger partial charge in [-0.05, 0) is 31.8 Å². The highest BCUT2D eigenvalue weighted by atomic mass is 19.1. The summed E-state index contributed by atoms with van der Waals surface area (Å²) in [6, 6.07) is 0. The van der Waals surface area contributed by atoms with Crippen LogP contribution < -0.4 is 5.32 Å². The summed E-state index contributed by atoms with van der Waals surface area (Å²) in [4.78, 5) is 0. The summed E-state index contributed by atoms with van der Waals surface area (Å²) in [5.74, 6) is 0.491. The molecule has 1 aliphatic rings. The van der Waals surface area contributed by atoms with Gasteiger partial charge in [-0.25, -0.2) is 4.39 Å². The molecule has 2 unspecified atom stereocenters. The van der Waals surface area contributed by atoms with E-state index in [9.17, 15) is 4.39 Å². The summed E-state index contributed by atoms with van der Waals surface area (Å²) in [6.45, 7) is 1.36. The van der Waals surface area contributed by atoms with Gasteiger partial charge in [-0.3, -0.25) is 0 Å². The lowest BCUT2D eigenvalue weighted by molar-refractivity contribution is 0.115. The quantitative estimate of drug-likeness (QED) is 0.602. The first-order valence-electron chi connectivity index (χ1n) is 3.77. The molecular weight excluding hydrogens is 133 g/mol. The van der Waals surface area contributed by atoms with Crippen molar-refractivity contribution in [1.82, 2.24) is 5.32 Å². The maximum Gasteiger partial charge on any atom is 0.115 e. The second kappa shape index (κ2) is 3.88. The Kier molecular flexibility index (Phi) is 3.09. The van der Waals surface area contributed by atoms with Crippen molar-refractivity contribution in [2.45, 2.75) is 18.9 Å². The van der Waals surface area contributed by atoms with Gasteiger partial charge in [0.05, 0.1) is 6.10 Å². The van der Waals surface area contributed by atoms with E-state index in [2.05, 4.69) is 5.32 Å². The fourth-order valence-electron chi connectivity index (χ4n) is 1.36. The van der Waals surface area contributed by atoms with Crippen molar-refractivity contribution in [3.8, 4) is 0 Å². The number of rotatable bonds is 3. The van der Waals surface area contributed by atoms with Crippen LogP contribution in [-0.2, 0) is 0 Å². The minimum Gasteiger partial charge on any atom is -0.390 e. The molecule has 1 aliphatic heterocycles. The van der Waals surface area contributed by atoms with Crippen molar-refractivity contribution in [2.75, 3.05) is 19.8 Å². The van der Waals surface area contributed by atoms with E-state index in [1.165, 1.54) is 0 Å². The average molecular weight is 147 g/mol. The molecule has 0 bridgehead atoms. The molecule has 0 aliphatic carbocycles. The molecule has 0 radical (unpaired) electrons. The minimum atomic E-state index is -0.732. The lowest BCUT2D eigenvalue weighted by atomic mass is 10.0. The predicted octanol–water partition coefficient (Wildman–Crippen LogP) is 0.316. The Bertz CT molecular complexity index is 93.6. The third-order valence-corrected chi connectivity index (χ3v) is 1.95. The Labute approximate surface area is 60.4 Å². The minimum absolute atomic E-state index is 0.491. The second-order valence-electron chi connectivity index (χ2n) is 2.90. The maximum atomic E-state index is 11.8. The molecule has 1 fully saturated rings. The fraction of sp³-hybridized carbons (Fsp3) is 1.00. The van der Waals surface area contributed by atoms with Gasteiger partial charge >= 0.3 is 0 Å². The molecule has 1 saturated heterocycles. The largest absolute Gasteiger partial charge is 0.390 e. The van der Waals surface area contributed by atoms with Crippen LogP contribution in [0.1, 0.15) is 12.8 Å². The van der Waals surface area contributed by atoms with Gasteiger partial charge < -0.3 is 10.4 Å². The first-order chi connectivity index (χ1) is 4.83. The smallest absolute Gasteiger partial charge is 0.115 e. The van der Waals surface area contributed by atoms with Crippen LogP contribution in [0.5, 0.6) is 0 Å². The van der Waals surface area contributed by atoms with Crippen molar-refractivity contribution in [1.29, 1.82) is 0 Å². The molecule has 0 spiro atoms. The van der Waals surface area contributed by atoms with Gasteiger partial charge in [0, 0.05) is 0 Å². The van der Waals surface area contributed by atoms with Crippen LogP contribution in [0.25, 0.3) is 0 Å². The topological polar surface area (TPSA) is 32.3 Å². The van der Waals surface area contributed by atoms with Gasteiger partial charge in [0.1, 0.15) is 6.67 Å². The second-order valence-corrected chi connectivity index (χ2v) is 2.90. The third kappa shape index (κ3) is 2.23. The zero-order valence-electron chi connectivity index (χ0n) is 6.02. The maximum absolute atomic E-state index is 11.8. The van der Waals surface area contributed by atoms with Gasteiger partial charge in [-0.2, -0.15) is 0 Å². The number of aliphatic hydroxyl groups is 1. The monoisotopic (exact) mass is 147 g/mol. The zero-order chi connectivity index (χ0) is 7.40. The van der Waals surface area contributed by atoms with E-state index in [0.29, 0.717) is 12.3 Å².